The summed E-state index contributed by atoms with van der Waals surface area (Å²) in [5.41, 5.74) is 7.12. The molecule has 0 fully saturated rings. The van der Waals surface area contributed by atoms with Crippen molar-refractivity contribution >= 4 is 66.1 Å². The van der Waals surface area contributed by atoms with Crippen LogP contribution in [0.1, 0.15) is 25.0 Å². The molecule has 0 aliphatic heterocycles. The van der Waals surface area contributed by atoms with E-state index in [4.69, 9.17) is 11.6 Å². The Bertz CT molecular complexity index is 2040. The van der Waals surface area contributed by atoms with Crippen LogP contribution in [0.15, 0.2) is 103 Å². The lowest BCUT2D eigenvalue weighted by atomic mass is 9.82. The van der Waals surface area contributed by atoms with Gasteiger partial charge >= 0.3 is 0 Å². The van der Waals surface area contributed by atoms with E-state index >= 15 is 0 Å². The van der Waals surface area contributed by atoms with Gasteiger partial charge in [0.15, 0.2) is 0 Å². The predicted molar refractivity (Wildman–Crippen MR) is 160 cm³/mol. The number of benzene rings is 7. The van der Waals surface area contributed by atoms with E-state index in [1.54, 1.807) is 0 Å². The highest BCUT2D eigenvalue weighted by atomic mass is 35.5. The lowest BCUT2D eigenvalue weighted by Gasteiger charge is -2.23. The fraction of sp³-hybridized carbons (Fsp3) is 0.0857. The highest BCUT2D eigenvalue weighted by Gasteiger charge is 2.36. The highest BCUT2D eigenvalue weighted by molar-refractivity contribution is 6.36. The van der Waals surface area contributed by atoms with Crippen molar-refractivity contribution in [2.24, 2.45) is 0 Å². The van der Waals surface area contributed by atoms with Gasteiger partial charge in [0.2, 0.25) is 0 Å². The Balaban J connectivity index is 1.40. The SMILES string of the molecule is CC1(C)c2ccccc2-c2cc(Cl)c(Nc3ccc4cccc5c6cccc7cccc(c3c45)c76)cc21. The molecule has 0 heterocycles. The Kier molecular flexibility index (Phi) is 4.12. The zero-order valence-corrected chi connectivity index (χ0v) is 21.4. The second-order valence-electron chi connectivity index (χ2n) is 10.8. The van der Waals surface area contributed by atoms with Crippen LogP contribution in [0.2, 0.25) is 5.02 Å². The molecule has 2 heteroatoms. The van der Waals surface area contributed by atoms with Crippen molar-refractivity contribution in [1.82, 2.24) is 0 Å². The average Bonchev–Trinajstić information content (AvgIpc) is 3.13. The van der Waals surface area contributed by atoms with Crippen molar-refractivity contribution in [1.29, 1.82) is 0 Å². The van der Waals surface area contributed by atoms with E-state index in [1.807, 2.05) is 0 Å². The van der Waals surface area contributed by atoms with E-state index in [2.05, 4.69) is 122 Å². The van der Waals surface area contributed by atoms with Gasteiger partial charge in [0.1, 0.15) is 0 Å². The first kappa shape index (κ1) is 21.1. The van der Waals surface area contributed by atoms with Crippen LogP contribution in [0.4, 0.5) is 11.4 Å². The Labute approximate surface area is 220 Å². The molecule has 0 spiro atoms. The minimum Gasteiger partial charge on any atom is -0.354 e. The lowest BCUT2D eigenvalue weighted by molar-refractivity contribution is 0.660. The number of nitrogens with one attached hydrogen (secondary N) is 1. The van der Waals surface area contributed by atoms with E-state index in [-0.39, 0.29) is 5.41 Å². The van der Waals surface area contributed by atoms with E-state index in [0.717, 1.165) is 16.4 Å². The third-order valence-electron chi connectivity index (χ3n) is 8.45. The molecule has 1 aliphatic carbocycles. The van der Waals surface area contributed by atoms with Crippen molar-refractivity contribution in [2.75, 3.05) is 5.32 Å². The van der Waals surface area contributed by atoms with Crippen LogP contribution >= 0.6 is 11.6 Å². The summed E-state index contributed by atoms with van der Waals surface area (Å²) in [7, 11) is 0. The number of anilines is 2. The van der Waals surface area contributed by atoms with Crippen LogP contribution in [0.5, 0.6) is 0 Å². The first-order chi connectivity index (χ1) is 18.0. The third kappa shape index (κ3) is 2.75. The standard InChI is InChI=1S/C35H24ClN/c1-35(2)27-15-4-3-11-22(27)26-18-29(36)31(19-28(26)35)37-30-17-16-21-10-6-13-24-23-12-5-8-20-9-7-14-25(32(20)23)34(30)33(21)24/h3-19,37H,1-2H3. The minimum atomic E-state index is -0.0811. The molecule has 1 nitrogen and oxygen atoms in total. The van der Waals surface area contributed by atoms with Gasteiger partial charge in [-0.1, -0.05) is 110 Å². The van der Waals surface area contributed by atoms with Gasteiger partial charge < -0.3 is 5.32 Å². The normalized spacial score (nSPS) is 14.0. The molecule has 0 unspecified atom stereocenters. The van der Waals surface area contributed by atoms with Gasteiger partial charge in [0, 0.05) is 16.5 Å². The quantitative estimate of drug-likeness (QED) is 0.186. The summed E-state index contributed by atoms with van der Waals surface area (Å²) in [6.07, 6.45) is 0. The summed E-state index contributed by atoms with van der Waals surface area (Å²) in [5, 5.41) is 14.8. The molecule has 0 saturated heterocycles. The van der Waals surface area contributed by atoms with E-state index in [9.17, 15) is 0 Å². The van der Waals surface area contributed by atoms with Crippen molar-refractivity contribution < 1.29 is 0 Å². The summed E-state index contributed by atoms with van der Waals surface area (Å²) in [6.45, 7) is 4.61. The number of rotatable bonds is 2. The number of hydrogen-bond donors (Lipinski definition) is 1. The smallest absolute Gasteiger partial charge is 0.0647 e. The van der Waals surface area contributed by atoms with Crippen molar-refractivity contribution in [3.63, 3.8) is 0 Å². The van der Waals surface area contributed by atoms with E-state index in [0.29, 0.717) is 0 Å². The zero-order chi connectivity index (χ0) is 24.9. The third-order valence-corrected chi connectivity index (χ3v) is 8.76. The molecule has 37 heavy (non-hydrogen) atoms. The lowest BCUT2D eigenvalue weighted by Crippen LogP contribution is -2.15. The molecule has 0 atom stereocenters. The Morgan fingerprint density at radius 1 is 0.541 bits per heavy atom. The van der Waals surface area contributed by atoms with Crippen LogP contribution in [0.3, 0.4) is 0 Å². The van der Waals surface area contributed by atoms with Gasteiger partial charge in [-0.05, 0) is 78.2 Å². The molecular formula is C35H24ClN. The zero-order valence-electron chi connectivity index (χ0n) is 20.7. The molecule has 0 aromatic heterocycles. The topological polar surface area (TPSA) is 12.0 Å². The Morgan fingerprint density at radius 3 is 2.00 bits per heavy atom. The average molecular weight is 494 g/mol. The van der Waals surface area contributed by atoms with Crippen LogP contribution in [-0.2, 0) is 5.41 Å². The van der Waals surface area contributed by atoms with Gasteiger partial charge in [-0.2, -0.15) is 0 Å². The fourth-order valence-electron chi connectivity index (χ4n) is 6.72. The molecule has 0 amide bonds. The fourth-order valence-corrected chi connectivity index (χ4v) is 6.93. The van der Waals surface area contributed by atoms with Crippen LogP contribution in [-0.4, -0.2) is 0 Å². The van der Waals surface area contributed by atoms with Gasteiger partial charge in [0.05, 0.1) is 10.7 Å². The summed E-state index contributed by atoms with van der Waals surface area (Å²) in [6, 6.07) is 37.4. The maximum absolute atomic E-state index is 6.98. The van der Waals surface area contributed by atoms with Crippen molar-refractivity contribution in [2.45, 2.75) is 19.3 Å². The first-order valence-electron chi connectivity index (χ1n) is 12.8. The monoisotopic (exact) mass is 493 g/mol. The largest absolute Gasteiger partial charge is 0.354 e. The molecule has 7 aromatic rings. The first-order valence-corrected chi connectivity index (χ1v) is 13.2. The van der Waals surface area contributed by atoms with Crippen molar-refractivity contribution in [3.05, 3.63) is 119 Å². The van der Waals surface area contributed by atoms with Gasteiger partial charge in [-0.25, -0.2) is 0 Å². The number of halogens is 1. The summed E-state index contributed by atoms with van der Waals surface area (Å²) < 4.78 is 0. The summed E-state index contributed by atoms with van der Waals surface area (Å²) >= 11 is 6.98. The predicted octanol–water partition coefficient (Wildman–Crippen LogP) is 10.4. The molecule has 1 aliphatic rings. The second kappa shape index (κ2) is 7.25. The van der Waals surface area contributed by atoms with Gasteiger partial charge in [0.25, 0.3) is 0 Å². The maximum atomic E-state index is 6.98. The van der Waals surface area contributed by atoms with E-state index < -0.39 is 0 Å². The molecule has 7 aromatic carbocycles. The molecular weight excluding hydrogens is 470 g/mol. The molecule has 8 rings (SSSR count). The van der Waals surface area contributed by atoms with Gasteiger partial charge in [-0.15, -0.1) is 0 Å². The van der Waals surface area contributed by atoms with Crippen LogP contribution in [0.25, 0.3) is 54.2 Å². The van der Waals surface area contributed by atoms with Crippen LogP contribution in [0, 0.1) is 0 Å². The molecule has 0 radical (unpaired) electrons. The number of fused-ring (bicyclic) bond motifs is 5. The summed E-state index contributed by atoms with van der Waals surface area (Å²) in [5.74, 6) is 0. The summed E-state index contributed by atoms with van der Waals surface area (Å²) in [4.78, 5) is 0. The Hall–Kier alpha value is -4.07. The number of hydrogen-bond acceptors (Lipinski definition) is 1. The van der Waals surface area contributed by atoms with Crippen molar-refractivity contribution in [3.8, 4) is 11.1 Å². The molecule has 0 bridgehead atoms. The van der Waals surface area contributed by atoms with E-state index in [1.165, 1.54) is 65.3 Å². The van der Waals surface area contributed by atoms with Crippen LogP contribution < -0.4 is 5.32 Å². The molecule has 0 saturated carbocycles. The maximum Gasteiger partial charge on any atom is 0.0647 e. The van der Waals surface area contributed by atoms with Gasteiger partial charge in [-0.3, -0.25) is 0 Å². The highest BCUT2D eigenvalue weighted by Crippen LogP contribution is 2.51. The Morgan fingerprint density at radius 2 is 1.22 bits per heavy atom. The second-order valence-corrected chi connectivity index (χ2v) is 11.2. The molecule has 176 valence electrons. The minimum absolute atomic E-state index is 0.0811. The molecule has 1 N–H and O–H groups in total.